The molecule has 0 spiro atoms. The van der Waals surface area contributed by atoms with Gasteiger partial charge >= 0.3 is 0 Å². The van der Waals surface area contributed by atoms with Crippen LogP contribution in [0.4, 0.5) is 5.69 Å². The second-order valence-electron chi connectivity index (χ2n) is 10.4. The predicted molar refractivity (Wildman–Crippen MR) is 130 cm³/mol. The van der Waals surface area contributed by atoms with E-state index in [2.05, 4.69) is 5.10 Å². The van der Waals surface area contributed by atoms with Crippen molar-refractivity contribution < 1.29 is 14.4 Å². The number of benzene rings is 3. The molecule has 0 saturated carbocycles. The third kappa shape index (κ3) is 2.81. The molecule has 2 fully saturated rings. The molecule has 3 aromatic rings. The van der Waals surface area contributed by atoms with E-state index < -0.39 is 29.3 Å². The highest BCUT2D eigenvalue weighted by molar-refractivity contribution is 6.24. The van der Waals surface area contributed by atoms with E-state index >= 15 is 0 Å². The fourth-order valence-electron chi connectivity index (χ4n) is 5.68. The normalized spacial score (nSPS) is 25.5. The van der Waals surface area contributed by atoms with Gasteiger partial charge in [0, 0.05) is 5.41 Å². The zero-order valence-electron chi connectivity index (χ0n) is 19.3. The number of nitrogens with zero attached hydrogens (tertiary/aromatic N) is 3. The van der Waals surface area contributed by atoms with E-state index in [4.69, 9.17) is 0 Å². The molecule has 3 aliphatic rings. The van der Waals surface area contributed by atoms with Crippen LogP contribution in [-0.4, -0.2) is 34.9 Å². The Morgan fingerprint density at radius 3 is 2.29 bits per heavy atom. The Kier molecular flexibility index (Phi) is 4.34. The predicted octanol–water partition coefficient (Wildman–Crippen LogP) is 4.33. The maximum Gasteiger partial charge on any atom is 0.240 e. The van der Waals surface area contributed by atoms with E-state index in [9.17, 15) is 14.4 Å². The van der Waals surface area contributed by atoms with E-state index in [1.807, 2.05) is 87.5 Å². The Labute approximate surface area is 197 Å². The average molecular weight is 452 g/mol. The smallest absolute Gasteiger partial charge is 0.240 e. The number of Topliss-reactive ketones (excluding diaryl/α,β-unsaturated/α-hetero) is 1. The molecule has 0 aromatic heterocycles. The van der Waals surface area contributed by atoms with Crippen molar-refractivity contribution in [3.05, 3.63) is 77.9 Å². The minimum Gasteiger partial charge on any atom is -0.297 e. The van der Waals surface area contributed by atoms with Gasteiger partial charge in [-0.3, -0.25) is 19.4 Å². The number of hydrazone groups is 1. The Morgan fingerprint density at radius 1 is 0.853 bits per heavy atom. The molecule has 4 unspecified atom stereocenters. The summed E-state index contributed by atoms with van der Waals surface area (Å²) in [5.41, 5.74) is 1.70. The SMILES string of the molecule is CC(C)(C)C(=O)C1C2C(=O)N(c3ccc4ccccc4c3)C(=O)C2C2c3ccccc3C=NN12. The Morgan fingerprint density at radius 2 is 1.53 bits per heavy atom. The van der Waals surface area contributed by atoms with Crippen molar-refractivity contribution in [2.75, 3.05) is 4.90 Å². The minimum atomic E-state index is -0.790. The molecule has 0 N–H and O–H groups in total. The minimum absolute atomic E-state index is 0.0805. The van der Waals surface area contributed by atoms with E-state index in [-0.39, 0.29) is 17.6 Å². The quantitative estimate of drug-likeness (QED) is 0.544. The molecule has 2 amide bonds. The number of imide groups is 1. The molecular formula is C28H25N3O3. The van der Waals surface area contributed by atoms with Gasteiger partial charge < -0.3 is 0 Å². The lowest BCUT2D eigenvalue weighted by molar-refractivity contribution is -0.136. The number of anilines is 1. The number of carbonyl (C=O) groups is 3. The third-order valence-electron chi connectivity index (χ3n) is 7.29. The van der Waals surface area contributed by atoms with Gasteiger partial charge in [-0.05, 0) is 34.0 Å². The molecule has 4 atom stereocenters. The largest absolute Gasteiger partial charge is 0.297 e. The molecule has 0 aliphatic carbocycles. The van der Waals surface area contributed by atoms with Crippen LogP contribution in [0, 0.1) is 17.3 Å². The number of carbonyl (C=O) groups excluding carboxylic acids is 3. The van der Waals surface area contributed by atoms with Gasteiger partial charge in [0.1, 0.15) is 6.04 Å². The van der Waals surface area contributed by atoms with Crippen LogP contribution in [0.5, 0.6) is 0 Å². The number of hydrogen-bond acceptors (Lipinski definition) is 5. The van der Waals surface area contributed by atoms with Gasteiger partial charge in [-0.1, -0.05) is 75.4 Å². The first-order valence-electron chi connectivity index (χ1n) is 11.6. The second kappa shape index (κ2) is 7.10. The van der Waals surface area contributed by atoms with Crippen LogP contribution in [0.2, 0.25) is 0 Å². The zero-order chi connectivity index (χ0) is 23.8. The second-order valence-corrected chi connectivity index (χ2v) is 10.4. The van der Waals surface area contributed by atoms with Crippen molar-refractivity contribution in [1.29, 1.82) is 0 Å². The first kappa shape index (κ1) is 20.8. The molecule has 6 heteroatoms. The molecule has 3 heterocycles. The van der Waals surface area contributed by atoms with Crippen LogP contribution in [0.25, 0.3) is 10.8 Å². The lowest BCUT2D eigenvalue weighted by Crippen LogP contribution is -2.48. The van der Waals surface area contributed by atoms with Crippen molar-refractivity contribution in [3.63, 3.8) is 0 Å². The molecule has 3 aromatic carbocycles. The molecule has 2 saturated heterocycles. The van der Waals surface area contributed by atoms with Gasteiger partial charge in [-0.25, -0.2) is 4.90 Å². The fraction of sp³-hybridized carbons (Fsp3) is 0.286. The third-order valence-corrected chi connectivity index (χ3v) is 7.29. The molecular weight excluding hydrogens is 426 g/mol. The van der Waals surface area contributed by atoms with Crippen LogP contribution in [0.3, 0.4) is 0 Å². The molecule has 170 valence electrons. The van der Waals surface area contributed by atoms with Crippen molar-refractivity contribution in [2.24, 2.45) is 22.4 Å². The summed E-state index contributed by atoms with van der Waals surface area (Å²) in [4.78, 5) is 42.8. The van der Waals surface area contributed by atoms with Crippen molar-refractivity contribution in [1.82, 2.24) is 5.01 Å². The molecule has 34 heavy (non-hydrogen) atoms. The number of fused-ring (bicyclic) bond motifs is 6. The molecule has 6 rings (SSSR count). The first-order valence-corrected chi connectivity index (χ1v) is 11.6. The van der Waals surface area contributed by atoms with Gasteiger partial charge in [-0.15, -0.1) is 0 Å². The monoisotopic (exact) mass is 451 g/mol. The lowest BCUT2D eigenvalue weighted by Gasteiger charge is -2.35. The van der Waals surface area contributed by atoms with Gasteiger partial charge in [0.05, 0.1) is 29.8 Å². The van der Waals surface area contributed by atoms with Crippen LogP contribution in [0.1, 0.15) is 37.9 Å². The maximum absolute atomic E-state index is 13.9. The molecule has 0 bridgehead atoms. The van der Waals surface area contributed by atoms with Crippen LogP contribution in [-0.2, 0) is 14.4 Å². The molecule has 6 nitrogen and oxygen atoms in total. The van der Waals surface area contributed by atoms with Gasteiger partial charge in [0.15, 0.2) is 5.78 Å². The average Bonchev–Trinajstić information content (AvgIpc) is 3.30. The highest BCUT2D eigenvalue weighted by Crippen LogP contribution is 2.53. The van der Waals surface area contributed by atoms with Crippen molar-refractivity contribution in [2.45, 2.75) is 32.9 Å². The van der Waals surface area contributed by atoms with E-state index in [0.717, 1.165) is 21.9 Å². The highest BCUT2D eigenvalue weighted by Gasteiger charge is 2.66. The summed E-state index contributed by atoms with van der Waals surface area (Å²) in [5, 5.41) is 8.31. The van der Waals surface area contributed by atoms with Gasteiger partial charge in [0.2, 0.25) is 11.8 Å². The number of ketones is 1. The highest BCUT2D eigenvalue weighted by atomic mass is 16.2. The number of amides is 2. The topological polar surface area (TPSA) is 70.0 Å². The Hall–Kier alpha value is -3.80. The summed E-state index contributed by atoms with van der Waals surface area (Å²) < 4.78 is 0. The number of rotatable bonds is 2. The van der Waals surface area contributed by atoms with Crippen LogP contribution in [0.15, 0.2) is 71.8 Å². The van der Waals surface area contributed by atoms with Gasteiger partial charge in [0.25, 0.3) is 0 Å². The summed E-state index contributed by atoms with van der Waals surface area (Å²) in [5.74, 6) is -2.12. The summed E-state index contributed by atoms with van der Waals surface area (Å²) in [6.07, 6.45) is 1.73. The first-order chi connectivity index (χ1) is 16.3. The molecule has 3 aliphatic heterocycles. The van der Waals surface area contributed by atoms with Crippen molar-refractivity contribution in [3.8, 4) is 0 Å². The standard InChI is InChI=1S/C28H25N3O3/c1-28(2,3)25(32)24-22-21(23-20-11-7-6-10-18(20)15-29-31(23)24)26(33)30(27(22)34)19-13-12-16-8-4-5-9-17(16)14-19/h4-15,21-24H,1-3H3. The summed E-state index contributed by atoms with van der Waals surface area (Å²) in [6, 6.07) is 20.0. The van der Waals surface area contributed by atoms with E-state index in [0.29, 0.717) is 5.69 Å². The molecule has 0 radical (unpaired) electrons. The number of hydrogen-bond donors (Lipinski definition) is 0. The lowest BCUT2D eigenvalue weighted by atomic mass is 9.79. The zero-order valence-corrected chi connectivity index (χ0v) is 19.3. The summed E-state index contributed by atoms with van der Waals surface area (Å²) in [6.45, 7) is 5.55. The summed E-state index contributed by atoms with van der Waals surface area (Å²) in [7, 11) is 0. The van der Waals surface area contributed by atoms with Gasteiger partial charge in [-0.2, -0.15) is 5.10 Å². The van der Waals surface area contributed by atoms with E-state index in [1.54, 1.807) is 11.2 Å². The van der Waals surface area contributed by atoms with Crippen LogP contribution >= 0.6 is 0 Å². The van der Waals surface area contributed by atoms with Crippen molar-refractivity contribution >= 4 is 40.3 Å². The Balaban J connectivity index is 1.50. The summed E-state index contributed by atoms with van der Waals surface area (Å²) >= 11 is 0. The van der Waals surface area contributed by atoms with Crippen LogP contribution < -0.4 is 4.90 Å². The maximum atomic E-state index is 13.9. The van der Waals surface area contributed by atoms with E-state index in [1.165, 1.54) is 4.90 Å². The fourth-order valence-corrected chi connectivity index (χ4v) is 5.68. The Bertz CT molecular complexity index is 1400.